The Hall–Kier alpha value is -2.70. The molecule has 3 rings (SSSR count). The van der Waals surface area contributed by atoms with Gasteiger partial charge in [-0.3, -0.25) is 19.3 Å². The van der Waals surface area contributed by atoms with Crippen molar-refractivity contribution in [2.45, 2.75) is 63.8 Å². The van der Waals surface area contributed by atoms with Crippen LogP contribution in [-0.4, -0.2) is 36.3 Å². The molecule has 7 heteroatoms. The fourth-order valence-electron chi connectivity index (χ4n) is 3.70. The zero-order valence-corrected chi connectivity index (χ0v) is 15.9. The van der Waals surface area contributed by atoms with Crippen molar-refractivity contribution >= 4 is 29.4 Å². The van der Waals surface area contributed by atoms with Gasteiger partial charge in [-0.25, -0.2) is 4.79 Å². The van der Waals surface area contributed by atoms with E-state index >= 15 is 0 Å². The van der Waals surface area contributed by atoms with E-state index in [1.54, 1.807) is 0 Å². The van der Waals surface area contributed by atoms with Crippen LogP contribution in [0.1, 0.15) is 68.1 Å². The van der Waals surface area contributed by atoms with E-state index in [2.05, 4.69) is 5.32 Å². The minimum atomic E-state index is -0.613. The van der Waals surface area contributed by atoms with Crippen LogP contribution < -0.4 is 10.2 Å². The van der Waals surface area contributed by atoms with Gasteiger partial charge in [-0.15, -0.1) is 0 Å². The summed E-state index contributed by atoms with van der Waals surface area (Å²) in [5.41, 5.74) is 0.702. The molecule has 1 aliphatic heterocycles. The third-order valence-electron chi connectivity index (χ3n) is 5.22. The third-order valence-corrected chi connectivity index (χ3v) is 5.22. The molecule has 150 valence electrons. The van der Waals surface area contributed by atoms with E-state index in [0.29, 0.717) is 5.69 Å². The fourth-order valence-corrected chi connectivity index (χ4v) is 3.70. The average molecular weight is 386 g/mol. The summed E-state index contributed by atoms with van der Waals surface area (Å²) in [5.74, 6) is -1.39. The molecule has 2 fully saturated rings. The van der Waals surface area contributed by atoms with E-state index in [1.807, 2.05) is 0 Å². The Bertz CT molecular complexity index is 720. The minimum Gasteiger partial charge on any atom is -0.452 e. The van der Waals surface area contributed by atoms with Gasteiger partial charge < -0.3 is 10.1 Å². The molecular formula is C21H26N2O5. The average Bonchev–Trinajstić information content (AvgIpc) is 3.00. The number of nitrogens with zero attached hydrogens (tertiary/aromatic N) is 1. The number of ether oxygens (including phenoxy) is 1. The number of rotatable bonds is 5. The first-order chi connectivity index (χ1) is 13.5. The molecule has 0 aromatic heterocycles. The molecule has 0 spiro atoms. The van der Waals surface area contributed by atoms with Crippen molar-refractivity contribution in [3.05, 3.63) is 29.8 Å². The number of nitrogens with one attached hydrogen (secondary N) is 1. The van der Waals surface area contributed by atoms with Crippen LogP contribution in [0.2, 0.25) is 0 Å². The molecule has 0 bridgehead atoms. The predicted molar refractivity (Wildman–Crippen MR) is 103 cm³/mol. The van der Waals surface area contributed by atoms with Gasteiger partial charge in [-0.05, 0) is 37.1 Å². The zero-order valence-electron chi connectivity index (χ0n) is 15.9. The number of carbonyl (C=O) groups is 4. The first kappa shape index (κ1) is 20.0. The number of imide groups is 1. The summed E-state index contributed by atoms with van der Waals surface area (Å²) in [6.07, 6.45) is 8.23. The summed E-state index contributed by atoms with van der Waals surface area (Å²) < 4.78 is 5.10. The zero-order chi connectivity index (χ0) is 19.9. The first-order valence-electron chi connectivity index (χ1n) is 9.97. The van der Waals surface area contributed by atoms with Crippen molar-refractivity contribution in [2.75, 3.05) is 11.5 Å². The van der Waals surface area contributed by atoms with E-state index in [9.17, 15) is 19.2 Å². The van der Waals surface area contributed by atoms with Crippen molar-refractivity contribution in [3.63, 3.8) is 0 Å². The molecule has 1 aromatic carbocycles. The van der Waals surface area contributed by atoms with Gasteiger partial charge in [-0.1, -0.05) is 32.1 Å². The lowest BCUT2D eigenvalue weighted by atomic mass is 9.97. The van der Waals surface area contributed by atoms with Crippen LogP contribution in [0.25, 0.3) is 0 Å². The normalized spacial score (nSPS) is 18.5. The van der Waals surface area contributed by atoms with Crippen LogP contribution in [0.5, 0.6) is 0 Å². The van der Waals surface area contributed by atoms with Crippen LogP contribution in [0.4, 0.5) is 5.69 Å². The van der Waals surface area contributed by atoms with Gasteiger partial charge in [0.05, 0.1) is 11.3 Å². The summed E-state index contributed by atoms with van der Waals surface area (Å²) in [4.78, 5) is 48.9. The second-order valence-electron chi connectivity index (χ2n) is 7.36. The Morgan fingerprint density at radius 3 is 2.11 bits per heavy atom. The summed E-state index contributed by atoms with van der Waals surface area (Å²) in [5, 5.41) is 2.95. The van der Waals surface area contributed by atoms with Crippen LogP contribution in [0.15, 0.2) is 24.3 Å². The number of carbonyl (C=O) groups excluding carboxylic acids is 4. The Kier molecular flexibility index (Phi) is 6.79. The highest BCUT2D eigenvalue weighted by atomic mass is 16.5. The quantitative estimate of drug-likeness (QED) is 0.620. The van der Waals surface area contributed by atoms with E-state index in [1.165, 1.54) is 43.5 Å². The van der Waals surface area contributed by atoms with Crippen molar-refractivity contribution in [3.8, 4) is 0 Å². The summed E-state index contributed by atoms with van der Waals surface area (Å²) in [6, 6.07) is 6.20. The minimum absolute atomic E-state index is 0.154. The van der Waals surface area contributed by atoms with Crippen LogP contribution in [0.3, 0.4) is 0 Å². The lowest BCUT2D eigenvalue weighted by Gasteiger charge is -2.20. The van der Waals surface area contributed by atoms with Gasteiger partial charge in [0, 0.05) is 18.9 Å². The molecule has 7 nitrogen and oxygen atoms in total. The summed E-state index contributed by atoms with van der Waals surface area (Å²) in [6.45, 7) is -0.319. The molecule has 1 aromatic rings. The Morgan fingerprint density at radius 2 is 1.50 bits per heavy atom. The Labute approximate surface area is 164 Å². The highest BCUT2D eigenvalue weighted by Gasteiger charge is 2.30. The van der Waals surface area contributed by atoms with Gasteiger partial charge in [0.15, 0.2) is 6.61 Å². The molecule has 2 aliphatic rings. The highest BCUT2D eigenvalue weighted by Crippen LogP contribution is 2.23. The molecule has 1 saturated heterocycles. The van der Waals surface area contributed by atoms with Crippen molar-refractivity contribution < 1.29 is 23.9 Å². The molecule has 1 N–H and O–H groups in total. The maximum Gasteiger partial charge on any atom is 0.338 e. The maximum atomic E-state index is 12.2. The number of anilines is 1. The maximum absolute atomic E-state index is 12.2. The van der Waals surface area contributed by atoms with Gasteiger partial charge in [0.2, 0.25) is 11.8 Å². The standard InChI is InChI=1S/C21H26N2O5/c24-18(22-16-6-4-2-1-3-5-7-16)14-28-21(27)15-8-10-17(11-9-15)23-19(25)12-13-20(23)26/h8-11,16H,1-7,12-14H2,(H,22,24). The van der Waals surface area contributed by atoms with Gasteiger partial charge in [-0.2, -0.15) is 0 Å². The largest absolute Gasteiger partial charge is 0.452 e. The summed E-state index contributed by atoms with van der Waals surface area (Å²) >= 11 is 0. The number of hydrogen-bond acceptors (Lipinski definition) is 5. The molecule has 3 amide bonds. The molecule has 1 saturated carbocycles. The number of esters is 1. The van der Waals surface area contributed by atoms with Crippen LogP contribution in [-0.2, 0) is 19.1 Å². The second kappa shape index (κ2) is 9.48. The lowest BCUT2D eigenvalue weighted by molar-refractivity contribution is -0.125. The molecule has 1 aliphatic carbocycles. The van der Waals surface area contributed by atoms with E-state index < -0.39 is 5.97 Å². The molecule has 1 heterocycles. The monoisotopic (exact) mass is 386 g/mol. The first-order valence-corrected chi connectivity index (χ1v) is 9.97. The Balaban J connectivity index is 1.48. The number of hydrogen-bond donors (Lipinski definition) is 1. The molecule has 28 heavy (non-hydrogen) atoms. The van der Waals surface area contributed by atoms with Crippen molar-refractivity contribution in [1.82, 2.24) is 5.32 Å². The van der Waals surface area contributed by atoms with Crippen LogP contribution >= 0.6 is 0 Å². The van der Waals surface area contributed by atoms with Gasteiger partial charge >= 0.3 is 5.97 Å². The molecule has 0 unspecified atom stereocenters. The third kappa shape index (κ3) is 5.18. The molecular weight excluding hydrogens is 360 g/mol. The van der Waals surface area contributed by atoms with E-state index in [4.69, 9.17) is 4.74 Å². The molecule has 0 atom stereocenters. The lowest BCUT2D eigenvalue weighted by Crippen LogP contribution is -2.38. The predicted octanol–water partition coefficient (Wildman–Crippen LogP) is 2.73. The van der Waals surface area contributed by atoms with Crippen LogP contribution in [0, 0.1) is 0 Å². The van der Waals surface area contributed by atoms with E-state index in [-0.39, 0.29) is 48.8 Å². The van der Waals surface area contributed by atoms with E-state index in [0.717, 1.165) is 30.6 Å². The van der Waals surface area contributed by atoms with Crippen molar-refractivity contribution in [2.24, 2.45) is 0 Å². The topological polar surface area (TPSA) is 92.8 Å². The highest BCUT2D eigenvalue weighted by molar-refractivity contribution is 6.19. The molecule has 0 radical (unpaired) electrons. The van der Waals surface area contributed by atoms with Gasteiger partial charge in [0.1, 0.15) is 0 Å². The summed E-state index contributed by atoms with van der Waals surface area (Å²) in [7, 11) is 0. The smallest absolute Gasteiger partial charge is 0.338 e. The van der Waals surface area contributed by atoms with Gasteiger partial charge in [0.25, 0.3) is 5.91 Å². The number of benzene rings is 1. The SMILES string of the molecule is O=C(COC(=O)c1ccc(N2C(=O)CCC2=O)cc1)NC1CCCCCCC1. The van der Waals surface area contributed by atoms with Crippen molar-refractivity contribution in [1.29, 1.82) is 0 Å². The second-order valence-corrected chi connectivity index (χ2v) is 7.36. The number of amides is 3. The fraction of sp³-hybridized carbons (Fsp3) is 0.524. The Morgan fingerprint density at radius 1 is 0.929 bits per heavy atom.